The maximum absolute atomic E-state index is 6.58. The van der Waals surface area contributed by atoms with Gasteiger partial charge in [0.1, 0.15) is 6.10 Å². The van der Waals surface area contributed by atoms with E-state index in [0.29, 0.717) is 17.9 Å². The van der Waals surface area contributed by atoms with Crippen molar-refractivity contribution in [1.29, 1.82) is 0 Å². The van der Waals surface area contributed by atoms with Crippen LogP contribution in [0.2, 0.25) is 0 Å². The molecule has 0 aliphatic heterocycles. The minimum atomic E-state index is 0.0353. The van der Waals surface area contributed by atoms with E-state index in [1.54, 1.807) is 0 Å². The molecule has 1 aliphatic carbocycles. The first-order chi connectivity index (χ1) is 9.88. The Morgan fingerprint density at radius 2 is 1.95 bits per heavy atom. The molecule has 1 aromatic heterocycles. The van der Waals surface area contributed by atoms with E-state index in [4.69, 9.17) is 10.5 Å². The van der Waals surface area contributed by atoms with Gasteiger partial charge in [-0.3, -0.25) is 0 Å². The molecule has 1 aliphatic rings. The fourth-order valence-corrected chi connectivity index (χ4v) is 4.55. The van der Waals surface area contributed by atoms with Crippen LogP contribution >= 0.6 is 11.3 Å². The van der Waals surface area contributed by atoms with Gasteiger partial charge in [0.05, 0.1) is 6.10 Å². The monoisotopic (exact) mass is 309 g/mol. The van der Waals surface area contributed by atoms with Crippen LogP contribution in [0.3, 0.4) is 0 Å². The molecule has 1 saturated carbocycles. The zero-order valence-electron chi connectivity index (χ0n) is 14.1. The zero-order chi connectivity index (χ0) is 15.6. The summed E-state index contributed by atoms with van der Waals surface area (Å²) in [5.74, 6) is 2.12. The quantitative estimate of drug-likeness (QED) is 0.837. The fourth-order valence-electron chi connectivity index (χ4n) is 3.52. The van der Waals surface area contributed by atoms with Crippen LogP contribution in [-0.4, -0.2) is 12.1 Å². The maximum atomic E-state index is 6.58. The maximum Gasteiger partial charge on any atom is 0.107 e. The molecule has 2 nitrogen and oxygen atoms in total. The molecule has 2 N–H and O–H groups in total. The van der Waals surface area contributed by atoms with Gasteiger partial charge in [-0.25, -0.2) is 0 Å². The van der Waals surface area contributed by atoms with E-state index in [-0.39, 0.29) is 12.1 Å². The molecule has 1 aromatic rings. The van der Waals surface area contributed by atoms with Crippen molar-refractivity contribution in [2.75, 3.05) is 0 Å². The lowest BCUT2D eigenvalue weighted by molar-refractivity contribution is -0.0872. The first-order valence-electron chi connectivity index (χ1n) is 8.35. The summed E-state index contributed by atoms with van der Waals surface area (Å²) in [6, 6.07) is 4.39. The van der Waals surface area contributed by atoms with Crippen molar-refractivity contribution < 1.29 is 4.74 Å². The molecular formula is C18H31NOS. The molecule has 5 atom stereocenters. The second kappa shape index (κ2) is 7.26. The second-order valence-corrected chi connectivity index (χ2v) is 8.55. The van der Waals surface area contributed by atoms with Crippen molar-refractivity contribution in [2.45, 2.75) is 72.1 Å². The Morgan fingerprint density at radius 1 is 1.24 bits per heavy atom. The van der Waals surface area contributed by atoms with Crippen molar-refractivity contribution in [3.05, 3.63) is 21.9 Å². The highest BCUT2D eigenvalue weighted by atomic mass is 32.1. The lowest BCUT2D eigenvalue weighted by atomic mass is 9.75. The Bertz CT molecular complexity index is 440. The number of hydrogen-bond donors (Lipinski definition) is 1. The second-order valence-electron chi connectivity index (χ2n) is 7.23. The van der Waals surface area contributed by atoms with E-state index in [1.165, 1.54) is 29.0 Å². The molecule has 120 valence electrons. The average Bonchev–Trinajstić information content (AvgIpc) is 2.81. The zero-order valence-corrected chi connectivity index (χ0v) is 15.0. The number of ether oxygens (including phenoxy) is 1. The minimum absolute atomic E-state index is 0.0353. The topological polar surface area (TPSA) is 35.2 Å². The summed E-state index contributed by atoms with van der Waals surface area (Å²) in [6.07, 6.45) is 4.20. The van der Waals surface area contributed by atoms with E-state index >= 15 is 0 Å². The van der Waals surface area contributed by atoms with E-state index in [2.05, 4.69) is 46.8 Å². The third-order valence-electron chi connectivity index (χ3n) is 4.80. The van der Waals surface area contributed by atoms with Crippen molar-refractivity contribution in [3.8, 4) is 0 Å². The molecule has 0 radical (unpaired) electrons. The first kappa shape index (κ1) is 17.0. The molecule has 3 heteroatoms. The van der Waals surface area contributed by atoms with Crippen LogP contribution in [0.5, 0.6) is 0 Å². The molecule has 0 amide bonds. The van der Waals surface area contributed by atoms with Crippen LogP contribution in [-0.2, 0) is 4.74 Å². The van der Waals surface area contributed by atoms with Gasteiger partial charge in [-0.05, 0) is 56.6 Å². The minimum Gasteiger partial charge on any atom is -0.368 e. The highest BCUT2D eigenvalue weighted by molar-refractivity contribution is 7.12. The average molecular weight is 310 g/mol. The van der Waals surface area contributed by atoms with Gasteiger partial charge < -0.3 is 10.5 Å². The molecule has 5 unspecified atom stereocenters. The van der Waals surface area contributed by atoms with Crippen LogP contribution < -0.4 is 5.73 Å². The highest BCUT2D eigenvalue weighted by Gasteiger charge is 2.34. The van der Waals surface area contributed by atoms with Crippen LogP contribution in [0.4, 0.5) is 0 Å². The van der Waals surface area contributed by atoms with Gasteiger partial charge in [-0.15, -0.1) is 11.3 Å². The van der Waals surface area contributed by atoms with Gasteiger partial charge in [-0.2, -0.15) is 0 Å². The Labute approximate surface area is 134 Å². The summed E-state index contributed by atoms with van der Waals surface area (Å²) in [7, 11) is 0. The summed E-state index contributed by atoms with van der Waals surface area (Å²) in [5, 5.41) is 0. The van der Waals surface area contributed by atoms with Crippen molar-refractivity contribution in [3.63, 3.8) is 0 Å². The Hall–Kier alpha value is -0.380. The van der Waals surface area contributed by atoms with E-state index < -0.39 is 0 Å². The SMILES string of the molecule is Cc1ccc(C(OC2CC(C)CCC2C(C)C)C(C)N)s1. The van der Waals surface area contributed by atoms with Crippen LogP contribution in [0.1, 0.15) is 62.8 Å². The predicted octanol–water partition coefficient (Wildman–Crippen LogP) is 4.92. The summed E-state index contributed by atoms with van der Waals surface area (Å²) >= 11 is 1.82. The molecule has 0 saturated heterocycles. The predicted molar refractivity (Wildman–Crippen MR) is 91.7 cm³/mol. The number of thiophene rings is 1. The van der Waals surface area contributed by atoms with Gasteiger partial charge in [0.2, 0.25) is 0 Å². The third kappa shape index (κ3) is 4.30. The third-order valence-corrected chi connectivity index (χ3v) is 5.86. The normalized spacial score (nSPS) is 29.6. The summed E-state index contributed by atoms with van der Waals surface area (Å²) in [5.41, 5.74) is 6.23. The van der Waals surface area contributed by atoms with Crippen LogP contribution in [0.25, 0.3) is 0 Å². The largest absolute Gasteiger partial charge is 0.368 e. The van der Waals surface area contributed by atoms with Crippen LogP contribution in [0, 0.1) is 24.7 Å². The van der Waals surface area contributed by atoms with Crippen molar-refractivity contribution >= 4 is 11.3 Å². The van der Waals surface area contributed by atoms with Crippen molar-refractivity contribution in [1.82, 2.24) is 0 Å². The molecule has 21 heavy (non-hydrogen) atoms. The van der Waals surface area contributed by atoms with E-state index in [1.807, 2.05) is 11.3 Å². The Kier molecular flexibility index (Phi) is 5.87. The molecule has 0 spiro atoms. The van der Waals surface area contributed by atoms with Gasteiger partial charge in [0, 0.05) is 15.8 Å². The molecule has 0 aromatic carbocycles. The molecule has 0 bridgehead atoms. The lowest BCUT2D eigenvalue weighted by Gasteiger charge is -2.39. The number of hydrogen-bond acceptors (Lipinski definition) is 3. The van der Waals surface area contributed by atoms with E-state index in [0.717, 1.165) is 5.92 Å². The smallest absolute Gasteiger partial charge is 0.107 e. The highest BCUT2D eigenvalue weighted by Crippen LogP contribution is 2.39. The molecule has 2 rings (SSSR count). The van der Waals surface area contributed by atoms with Gasteiger partial charge in [0.25, 0.3) is 0 Å². The summed E-state index contributed by atoms with van der Waals surface area (Å²) in [4.78, 5) is 2.61. The molecular weight excluding hydrogens is 278 g/mol. The lowest BCUT2D eigenvalue weighted by Crippen LogP contribution is -2.38. The van der Waals surface area contributed by atoms with Gasteiger partial charge in [-0.1, -0.05) is 27.2 Å². The van der Waals surface area contributed by atoms with Crippen LogP contribution in [0.15, 0.2) is 12.1 Å². The number of rotatable bonds is 5. The summed E-state index contributed by atoms with van der Waals surface area (Å²) < 4.78 is 6.58. The summed E-state index contributed by atoms with van der Waals surface area (Å²) in [6.45, 7) is 11.2. The Morgan fingerprint density at radius 3 is 2.48 bits per heavy atom. The number of aryl methyl sites for hydroxylation is 1. The van der Waals surface area contributed by atoms with Crippen molar-refractivity contribution in [2.24, 2.45) is 23.5 Å². The van der Waals surface area contributed by atoms with Gasteiger partial charge in [0.15, 0.2) is 0 Å². The Balaban J connectivity index is 2.14. The fraction of sp³-hybridized carbons (Fsp3) is 0.778. The first-order valence-corrected chi connectivity index (χ1v) is 9.17. The number of nitrogens with two attached hydrogens (primary N) is 1. The molecule has 1 heterocycles. The van der Waals surface area contributed by atoms with Gasteiger partial charge >= 0.3 is 0 Å². The standard InChI is InChI=1S/C18H31NOS/c1-11(2)15-8-6-12(3)10-16(15)20-18(14(5)19)17-9-7-13(4)21-17/h7,9,11-12,14-16,18H,6,8,10,19H2,1-5H3. The van der Waals surface area contributed by atoms with E-state index in [9.17, 15) is 0 Å². The molecule has 1 fully saturated rings.